The summed E-state index contributed by atoms with van der Waals surface area (Å²) in [6.45, 7) is 9.83. The van der Waals surface area contributed by atoms with Gasteiger partial charge in [0.2, 0.25) is 5.91 Å². The van der Waals surface area contributed by atoms with E-state index in [4.69, 9.17) is 5.73 Å². The highest BCUT2D eigenvalue weighted by Gasteiger charge is 2.20. The average molecular weight is 327 g/mol. The average Bonchev–Trinajstić information content (AvgIpc) is 2.44. The predicted molar refractivity (Wildman–Crippen MR) is 96.6 cm³/mol. The van der Waals surface area contributed by atoms with Gasteiger partial charge in [0.1, 0.15) is 0 Å². The Morgan fingerprint density at radius 2 is 1.77 bits per heavy atom. The SMILES string of the molecule is CC(C)c1ccc(CCC(=O)N(C)CC(C)(C)CN)cc1.Cl. The van der Waals surface area contributed by atoms with E-state index >= 15 is 0 Å². The van der Waals surface area contributed by atoms with Crippen molar-refractivity contribution in [2.45, 2.75) is 46.5 Å². The summed E-state index contributed by atoms with van der Waals surface area (Å²) in [5.74, 6) is 0.731. The van der Waals surface area contributed by atoms with Crippen LogP contribution in [0.15, 0.2) is 24.3 Å². The van der Waals surface area contributed by atoms with Crippen LogP contribution in [0.2, 0.25) is 0 Å². The maximum absolute atomic E-state index is 12.2. The van der Waals surface area contributed by atoms with E-state index in [1.54, 1.807) is 4.90 Å². The standard InChI is InChI=1S/C18H30N2O.ClH/c1-14(2)16-9-6-15(7-10-16)8-11-17(21)20(5)13-18(3,4)12-19;/h6-7,9-10,14H,8,11-13,19H2,1-5H3;1H. The number of hydrogen-bond donors (Lipinski definition) is 1. The monoisotopic (exact) mass is 326 g/mol. The second-order valence-electron chi connectivity index (χ2n) is 7.01. The second kappa shape index (κ2) is 9.16. The molecular formula is C18H31ClN2O. The molecule has 1 amide bonds. The fraction of sp³-hybridized carbons (Fsp3) is 0.611. The van der Waals surface area contributed by atoms with E-state index in [0.29, 0.717) is 25.4 Å². The van der Waals surface area contributed by atoms with Crippen LogP contribution in [0.1, 0.15) is 51.2 Å². The molecule has 0 spiro atoms. The molecule has 4 heteroatoms. The highest BCUT2D eigenvalue weighted by atomic mass is 35.5. The van der Waals surface area contributed by atoms with Crippen molar-refractivity contribution in [1.29, 1.82) is 0 Å². The van der Waals surface area contributed by atoms with Crippen molar-refractivity contribution in [3.63, 3.8) is 0 Å². The number of nitrogens with two attached hydrogens (primary N) is 1. The minimum atomic E-state index is -0.0245. The van der Waals surface area contributed by atoms with Crippen LogP contribution in [-0.2, 0) is 11.2 Å². The van der Waals surface area contributed by atoms with Crippen LogP contribution < -0.4 is 5.73 Å². The zero-order chi connectivity index (χ0) is 16.0. The molecule has 0 saturated carbocycles. The van der Waals surface area contributed by atoms with Crippen molar-refractivity contribution >= 4 is 18.3 Å². The van der Waals surface area contributed by atoms with Gasteiger partial charge in [-0.3, -0.25) is 4.79 Å². The molecule has 0 heterocycles. The lowest BCUT2D eigenvalue weighted by molar-refractivity contribution is -0.131. The molecule has 0 aliphatic heterocycles. The first-order chi connectivity index (χ1) is 9.75. The van der Waals surface area contributed by atoms with Crippen molar-refractivity contribution in [2.75, 3.05) is 20.1 Å². The molecule has 0 fully saturated rings. The third-order valence-corrected chi connectivity index (χ3v) is 3.92. The van der Waals surface area contributed by atoms with Crippen LogP contribution in [0, 0.1) is 5.41 Å². The van der Waals surface area contributed by atoms with Crippen molar-refractivity contribution in [2.24, 2.45) is 11.1 Å². The number of benzene rings is 1. The molecule has 0 aromatic heterocycles. The molecular weight excluding hydrogens is 296 g/mol. The van der Waals surface area contributed by atoms with Gasteiger partial charge in [-0.15, -0.1) is 12.4 Å². The van der Waals surface area contributed by atoms with Crippen LogP contribution >= 0.6 is 12.4 Å². The number of nitrogens with zero attached hydrogens (tertiary/aromatic N) is 1. The van der Waals surface area contributed by atoms with Crippen molar-refractivity contribution < 1.29 is 4.79 Å². The van der Waals surface area contributed by atoms with E-state index in [9.17, 15) is 4.79 Å². The number of aryl methyl sites for hydroxylation is 1. The van der Waals surface area contributed by atoms with Crippen LogP contribution in [-0.4, -0.2) is 30.9 Å². The molecule has 1 aromatic carbocycles. The quantitative estimate of drug-likeness (QED) is 0.832. The van der Waals surface area contributed by atoms with Gasteiger partial charge in [0.15, 0.2) is 0 Å². The molecule has 0 saturated heterocycles. The summed E-state index contributed by atoms with van der Waals surface area (Å²) < 4.78 is 0. The Hall–Kier alpha value is -1.06. The lowest BCUT2D eigenvalue weighted by Gasteiger charge is -2.29. The van der Waals surface area contributed by atoms with Crippen LogP contribution in [0.5, 0.6) is 0 Å². The molecule has 3 nitrogen and oxygen atoms in total. The maximum Gasteiger partial charge on any atom is 0.222 e. The van der Waals surface area contributed by atoms with Crippen LogP contribution in [0.3, 0.4) is 0 Å². The van der Waals surface area contributed by atoms with Crippen LogP contribution in [0.4, 0.5) is 0 Å². The molecule has 1 rings (SSSR count). The van der Waals surface area contributed by atoms with E-state index in [-0.39, 0.29) is 23.7 Å². The Kier molecular flexibility index (Phi) is 8.72. The van der Waals surface area contributed by atoms with Gasteiger partial charge in [-0.2, -0.15) is 0 Å². The van der Waals surface area contributed by atoms with Gasteiger partial charge in [-0.25, -0.2) is 0 Å². The summed E-state index contributed by atoms with van der Waals surface area (Å²) in [5.41, 5.74) is 8.26. The lowest BCUT2D eigenvalue weighted by atomic mass is 9.93. The Bertz CT molecular complexity index is 455. The molecule has 1 aromatic rings. The van der Waals surface area contributed by atoms with Gasteiger partial charge >= 0.3 is 0 Å². The number of carbonyl (C=O) groups is 1. The fourth-order valence-corrected chi connectivity index (χ4v) is 2.31. The van der Waals surface area contributed by atoms with Gasteiger partial charge < -0.3 is 10.6 Å². The van der Waals surface area contributed by atoms with E-state index in [0.717, 1.165) is 6.42 Å². The fourth-order valence-electron chi connectivity index (χ4n) is 2.31. The first kappa shape index (κ1) is 20.9. The molecule has 0 bridgehead atoms. The summed E-state index contributed by atoms with van der Waals surface area (Å²) in [4.78, 5) is 14.0. The molecule has 2 N–H and O–H groups in total. The van der Waals surface area contributed by atoms with Crippen LogP contribution in [0.25, 0.3) is 0 Å². The van der Waals surface area contributed by atoms with Crippen molar-refractivity contribution in [3.05, 3.63) is 35.4 Å². The zero-order valence-electron chi connectivity index (χ0n) is 14.6. The van der Waals surface area contributed by atoms with E-state index in [2.05, 4.69) is 52.0 Å². The minimum Gasteiger partial charge on any atom is -0.345 e. The highest BCUT2D eigenvalue weighted by Crippen LogP contribution is 2.17. The Morgan fingerprint density at radius 1 is 1.23 bits per heavy atom. The third-order valence-electron chi connectivity index (χ3n) is 3.92. The van der Waals surface area contributed by atoms with Gasteiger partial charge in [0.05, 0.1) is 0 Å². The van der Waals surface area contributed by atoms with Gasteiger partial charge in [0, 0.05) is 20.0 Å². The van der Waals surface area contributed by atoms with Gasteiger partial charge in [-0.05, 0) is 35.4 Å². The second-order valence-corrected chi connectivity index (χ2v) is 7.01. The molecule has 22 heavy (non-hydrogen) atoms. The van der Waals surface area contributed by atoms with E-state index < -0.39 is 0 Å². The molecule has 0 aliphatic carbocycles. The number of carbonyl (C=O) groups excluding carboxylic acids is 1. The summed E-state index contributed by atoms with van der Waals surface area (Å²) in [6, 6.07) is 8.58. The number of halogens is 1. The lowest BCUT2D eigenvalue weighted by Crippen LogP contribution is -2.39. The number of amides is 1. The Labute approximate surface area is 141 Å². The number of rotatable bonds is 7. The smallest absolute Gasteiger partial charge is 0.222 e. The highest BCUT2D eigenvalue weighted by molar-refractivity contribution is 5.85. The largest absolute Gasteiger partial charge is 0.345 e. The van der Waals surface area contributed by atoms with Gasteiger partial charge in [0.25, 0.3) is 0 Å². The zero-order valence-corrected chi connectivity index (χ0v) is 15.4. The molecule has 0 atom stereocenters. The topological polar surface area (TPSA) is 46.3 Å². The predicted octanol–water partition coefficient (Wildman–Crippen LogP) is 3.61. The Morgan fingerprint density at radius 3 is 2.23 bits per heavy atom. The van der Waals surface area contributed by atoms with Crippen molar-refractivity contribution in [3.8, 4) is 0 Å². The van der Waals surface area contributed by atoms with Crippen molar-refractivity contribution in [1.82, 2.24) is 4.90 Å². The summed E-state index contributed by atoms with van der Waals surface area (Å²) >= 11 is 0. The van der Waals surface area contributed by atoms with Gasteiger partial charge in [-0.1, -0.05) is 52.0 Å². The normalized spacial score (nSPS) is 11.2. The first-order valence-electron chi connectivity index (χ1n) is 7.78. The minimum absolute atomic E-state index is 0. The maximum atomic E-state index is 12.2. The molecule has 0 unspecified atom stereocenters. The molecule has 0 aliphatic rings. The summed E-state index contributed by atoms with van der Waals surface area (Å²) in [7, 11) is 1.86. The van der Waals surface area contributed by atoms with E-state index in [1.807, 2.05) is 7.05 Å². The molecule has 126 valence electrons. The number of hydrogen-bond acceptors (Lipinski definition) is 2. The summed E-state index contributed by atoms with van der Waals surface area (Å²) in [6.07, 6.45) is 1.35. The Balaban J connectivity index is 0.00000441. The van der Waals surface area contributed by atoms with E-state index in [1.165, 1.54) is 11.1 Å². The third kappa shape index (κ3) is 6.80. The molecule has 0 radical (unpaired) electrons. The first-order valence-corrected chi connectivity index (χ1v) is 7.78. The summed E-state index contributed by atoms with van der Waals surface area (Å²) in [5, 5.41) is 0.